The Labute approximate surface area is 115 Å². The van der Waals surface area contributed by atoms with Gasteiger partial charge in [-0.3, -0.25) is 15.6 Å². The number of hydrogen-bond acceptors (Lipinski definition) is 2. The van der Waals surface area contributed by atoms with E-state index in [1.165, 1.54) is 0 Å². The van der Waals surface area contributed by atoms with Gasteiger partial charge in [-0.05, 0) is 30.4 Å². The topological polar surface area (TPSA) is 53.2 Å². The molecule has 0 saturated heterocycles. The van der Waals surface area contributed by atoms with E-state index in [1.54, 1.807) is 25.1 Å². The van der Waals surface area contributed by atoms with Gasteiger partial charge in [0.05, 0.1) is 10.7 Å². The highest BCUT2D eigenvalue weighted by Crippen LogP contribution is 2.25. The predicted molar refractivity (Wildman–Crippen MR) is 74.3 cm³/mol. The lowest BCUT2D eigenvalue weighted by Crippen LogP contribution is -2.43. The Balaban J connectivity index is 2.53. The zero-order valence-corrected chi connectivity index (χ0v) is 11.3. The van der Waals surface area contributed by atoms with Crippen LogP contribution in [0.3, 0.4) is 0 Å². The molecule has 0 heterocycles. The first kappa shape index (κ1) is 14.0. The van der Waals surface area contributed by atoms with Gasteiger partial charge in [-0.2, -0.15) is 0 Å². The third-order valence-corrected chi connectivity index (χ3v) is 2.57. The van der Waals surface area contributed by atoms with Crippen molar-refractivity contribution < 1.29 is 4.79 Å². The van der Waals surface area contributed by atoms with Gasteiger partial charge in [0, 0.05) is 11.4 Å². The fourth-order valence-corrected chi connectivity index (χ4v) is 1.58. The molecule has 0 aliphatic heterocycles. The molecule has 0 bridgehead atoms. The van der Waals surface area contributed by atoms with Crippen molar-refractivity contribution in [3.63, 3.8) is 0 Å². The molecule has 0 saturated carbocycles. The minimum absolute atomic E-state index is 0.156. The summed E-state index contributed by atoms with van der Waals surface area (Å²) in [5.74, 6) is -0.156. The Morgan fingerprint density at radius 1 is 1.35 bits per heavy atom. The highest BCUT2D eigenvalue weighted by molar-refractivity contribution is 7.80. The molecule has 0 fully saturated rings. The molecule has 7 heteroatoms. The minimum atomic E-state index is -0.156. The second-order valence-electron chi connectivity index (χ2n) is 3.11. The number of hydrogen-bond donors (Lipinski definition) is 3. The summed E-state index contributed by atoms with van der Waals surface area (Å²) in [5.41, 5.74) is 5.58. The molecule has 3 N–H and O–H groups in total. The van der Waals surface area contributed by atoms with Gasteiger partial charge in [-0.25, -0.2) is 0 Å². The Morgan fingerprint density at radius 2 is 2.06 bits per heavy atom. The first-order valence-electron chi connectivity index (χ1n) is 4.83. The predicted octanol–water partition coefficient (Wildman–Crippen LogP) is 2.72. The van der Waals surface area contributed by atoms with Gasteiger partial charge in [0.25, 0.3) is 0 Å². The maximum Gasteiger partial charge on any atom is 0.238 e. The summed E-state index contributed by atoms with van der Waals surface area (Å²) in [5, 5.41) is 4.07. The third-order valence-electron chi connectivity index (χ3n) is 1.82. The van der Waals surface area contributed by atoms with Crippen LogP contribution in [0.25, 0.3) is 0 Å². The maximum atomic E-state index is 11.0. The summed E-state index contributed by atoms with van der Waals surface area (Å²) in [4.78, 5) is 11.0. The van der Waals surface area contributed by atoms with Gasteiger partial charge in [-0.15, -0.1) is 0 Å². The van der Waals surface area contributed by atoms with Gasteiger partial charge < -0.3 is 5.32 Å². The van der Waals surface area contributed by atoms with Crippen LogP contribution in [0.5, 0.6) is 0 Å². The van der Waals surface area contributed by atoms with E-state index >= 15 is 0 Å². The van der Waals surface area contributed by atoms with Crippen LogP contribution in [0.4, 0.5) is 5.69 Å². The van der Waals surface area contributed by atoms with Crippen molar-refractivity contribution in [2.75, 3.05) is 5.32 Å². The number of benzene rings is 1. The Kier molecular flexibility index (Phi) is 5.47. The molecule has 4 nitrogen and oxygen atoms in total. The van der Waals surface area contributed by atoms with Crippen molar-refractivity contribution in [3.05, 3.63) is 28.2 Å². The van der Waals surface area contributed by atoms with Gasteiger partial charge in [0.1, 0.15) is 0 Å². The van der Waals surface area contributed by atoms with E-state index < -0.39 is 0 Å². The smallest absolute Gasteiger partial charge is 0.238 e. The lowest BCUT2D eigenvalue weighted by Gasteiger charge is -2.12. The molecule has 0 aliphatic rings. The number of amides is 1. The molecule has 0 aromatic heterocycles. The summed E-state index contributed by atoms with van der Waals surface area (Å²) in [6.07, 6.45) is 0.372. The number of rotatable bonds is 2. The molecule has 0 aliphatic carbocycles. The van der Waals surface area contributed by atoms with E-state index in [1.807, 2.05) is 0 Å². The average molecular weight is 292 g/mol. The SMILES string of the molecule is CCC(=O)NNC(=S)Nc1ccc(Cl)cc1Cl. The molecule has 17 heavy (non-hydrogen) atoms. The Morgan fingerprint density at radius 3 is 2.65 bits per heavy atom. The number of thiocarbonyl (C=S) groups is 1. The van der Waals surface area contributed by atoms with Crippen molar-refractivity contribution in [2.45, 2.75) is 13.3 Å². The van der Waals surface area contributed by atoms with E-state index in [-0.39, 0.29) is 11.0 Å². The van der Waals surface area contributed by atoms with Crippen LogP contribution in [-0.2, 0) is 4.79 Å². The number of halogens is 2. The number of carbonyl (C=O) groups excluding carboxylic acids is 1. The van der Waals surface area contributed by atoms with Crippen LogP contribution < -0.4 is 16.2 Å². The van der Waals surface area contributed by atoms with E-state index in [0.717, 1.165) is 0 Å². The third kappa shape index (κ3) is 4.77. The molecular formula is C10H11Cl2N3OS. The van der Waals surface area contributed by atoms with E-state index in [0.29, 0.717) is 22.2 Å². The fourth-order valence-electron chi connectivity index (χ4n) is 0.959. The zero-order valence-electron chi connectivity index (χ0n) is 9.01. The van der Waals surface area contributed by atoms with Crippen molar-refractivity contribution in [1.29, 1.82) is 0 Å². The molecular weight excluding hydrogens is 281 g/mol. The van der Waals surface area contributed by atoms with Crippen LogP contribution in [0.2, 0.25) is 10.0 Å². The van der Waals surface area contributed by atoms with Gasteiger partial charge >= 0.3 is 0 Å². The summed E-state index contributed by atoms with van der Waals surface area (Å²) >= 11 is 16.7. The van der Waals surface area contributed by atoms with E-state index in [9.17, 15) is 4.79 Å². The summed E-state index contributed by atoms with van der Waals surface area (Å²) in [6, 6.07) is 4.97. The normalized spacial score (nSPS) is 9.59. The van der Waals surface area contributed by atoms with Crippen LogP contribution in [0, 0.1) is 0 Å². The number of anilines is 1. The van der Waals surface area contributed by atoms with Crippen molar-refractivity contribution in [2.24, 2.45) is 0 Å². The Bertz CT molecular complexity index is 440. The van der Waals surface area contributed by atoms with Gasteiger partial charge in [0.15, 0.2) is 5.11 Å². The minimum Gasteiger partial charge on any atom is -0.330 e. The van der Waals surface area contributed by atoms with Crippen molar-refractivity contribution in [1.82, 2.24) is 10.9 Å². The van der Waals surface area contributed by atoms with Crippen LogP contribution in [0.1, 0.15) is 13.3 Å². The summed E-state index contributed by atoms with van der Waals surface area (Å²) in [7, 11) is 0. The molecule has 1 rings (SSSR count). The van der Waals surface area contributed by atoms with Crippen molar-refractivity contribution >= 4 is 52.1 Å². The van der Waals surface area contributed by atoms with Crippen LogP contribution >= 0.6 is 35.4 Å². The van der Waals surface area contributed by atoms with Gasteiger partial charge in [0.2, 0.25) is 5.91 Å². The second-order valence-corrected chi connectivity index (χ2v) is 4.36. The summed E-state index contributed by atoms with van der Waals surface area (Å²) in [6.45, 7) is 1.74. The van der Waals surface area contributed by atoms with Crippen LogP contribution in [0.15, 0.2) is 18.2 Å². The monoisotopic (exact) mass is 291 g/mol. The molecule has 0 atom stereocenters. The Hall–Kier alpha value is -1.04. The average Bonchev–Trinajstić information content (AvgIpc) is 2.29. The first-order chi connectivity index (χ1) is 8.02. The molecule has 92 valence electrons. The van der Waals surface area contributed by atoms with Gasteiger partial charge in [-0.1, -0.05) is 30.1 Å². The van der Waals surface area contributed by atoms with Crippen molar-refractivity contribution in [3.8, 4) is 0 Å². The fraction of sp³-hybridized carbons (Fsp3) is 0.200. The number of hydrazine groups is 1. The quantitative estimate of drug-likeness (QED) is 0.579. The summed E-state index contributed by atoms with van der Waals surface area (Å²) < 4.78 is 0. The standard InChI is InChI=1S/C10H11Cl2N3OS/c1-2-9(16)14-15-10(17)13-8-4-3-6(11)5-7(8)12/h3-5H,2H2,1H3,(H,14,16)(H2,13,15,17). The van der Waals surface area contributed by atoms with E-state index in [2.05, 4.69) is 16.2 Å². The molecule has 1 aromatic rings. The van der Waals surface area contributed by atoms with E-state index in [4.69, 9.17) is 35.4 Å². The second kappa shape index (κ2) is 6.64. The highest BCUT2D eigenvalue weighted by atomic mass is 35.5. The van der Waals surface area contributed by atoms with Crippen LogP contribution in [-0.4, -0.2) is 11.0 Å². The highest BCUT2D eigenvalue weighted by Gasteiger charge is 2.03. The molecule has 0 spiro atoms. The first-order valence-corrected chi connectivity index (χ1v) is 6.00. The molecule has 0 unspecified atom stereocenters. The molecule has 1 amide bonds. The number of carbonyl (C=O) groups is 1. The molecule has 0 radical (unpaired) electrons. The maximum absolute atomic E-state index is 11.0. The zero-order chi connectivity index (χ0) is 12.8. The largest absolute Gasteiger partial charge is 0.330 e. The lowest BCUT2D eigenvalue weighted by molar-refractivity contribution is -0.121. The molecule has 1 aromatic carbocycles. The lowest BCUT2D eigenvalue weighted by atomic mass is 10.3. The number of nitrogens with one attached hydrogen (secondary N) is 3.